The van der Waals surface area contributed by atoms with Gasteiger partial charge >= 0.3 is 6.09 Å². The number of nitro groups is 1. The summed E-state index contributed by atoms with van der Waals surface area (Å²) in [6.45, 7) is 6.04. The van der Waals surface area contributed by atoms with Gasteiger partial charge in [0.05, 0.1) is 11.5 Å². The lowest BCUT2D eigenvalue weighted by Crippen LogP contribution is -2.38. The number of ether oxygens (including phenoxy) is 2. The fourth-order valence-corrected chi connectivity index (χ4v) is 2.71. The molecule has 0 aromatic heterocycles. The molecule has 2 rings (SSSR count). The smallest absolute Gasteiger partial charge is 0.407 e. The summed E-state index contributed by atoms with van der Waals surface area (Å²) in [7, 11) is 0. The third kappa shape index (κ3) is 5.72. The van der Waals surface area contributed by atoms with Crippen molar-refractivity contribution in [3.8, 4) is 5.75 Å². The average Bonchev–Trinajstić information content (AvgIpc) is 2.91. The summed E-state index contributed by atoms with van der Waals surface area (Å²) in [4.78, 5) is 21.9. The van der Waals surface area contributed by atoms with E-state index in [1.54, 1.807) is 12.1 Å². The fourth-order valence-electron chi connectivity index (χ4n) is 2.71. The molecule has 24 heavy (non-hydrogen) atoms. The molecule has 1 saturated carbocycles. The van der Waals surface area contributed by atoms with Crippen LogP contribution >= 0.6 is 0 Å². The summed E-state index contributed by atoms with van der Waals surface area (Å²) in [6, 6.07) is 6.16. The molecule has 1 fully saturated rings. The second kappa shape index (κ2) is 7.51. The minimum absolute atomic E-state index is 0.0461. The van der Waals surface area contributed by atoms with Crippen molar-refractivity contribution in [2.75, 3.05) is 6.61 Å². The first-order valence-electron chi connectivity index (χ1n) is 8.10. The Morgan fingerprint density at radius 2 is 1.96 bits per heavy atom. The van der Waals surface area contributed by atoms with E-state index in [9.17, 15) is 14.9 Å². The van der Waals surface area contributed by atoms with Gasteiger partial charge in [0.15, 0.2) is 0 Å². The van der Waals surface area contributed by atoms with E-state index in [0.717, 1.165) is 19.3 Å². The first-order valence-corrected chi connectivity index (χ1v) is 8.10. The van der Waals surface area contributed by atoms with Crippen LogP contribution < -0.4 is 10.1 Å². The number of hydrogen-bond donors (Lipinski definition) is 1. The molecule has 0 radical (unpaired) electrons. The van der Waals surface area contributed by atoms with Crippen LogP contribution in [0, 0.1) is 16.0 Å². The molecule has 0 aliphatic heterocycles. The van der Waals surface area contributed by atoms with Crippen molar-refractivity contribution in [1.82, 2.24) is 5.32 Å². The molecule has 1 N–H and O–H groups in total. The van der Waals surface area contributed by atoms with Crippen molar-refractivity contribution in [2.45, 2.75) is 51.7 Å². The second-order valence-corrected chi connectivity index (χ2v) is 7.08. The van der Waals surface area contributed by atoms with Gasteiger partial charge < -0.3 is 14.8 Å². The topological polar surface area (TPSA) is 90.7 Å². The van der Waals surface area contributed by atoms with Gasteiger partial charge in [-0.05, 0) is 58.1 Å². The number of nitrogens with one attached hydrogen (secondary N) is 1. The lowest BCUT2D eigenvalue weighted by atomic mass is 10.1. The lowest BCUT2D eigenvalue weighted by molar-refractivity contribution is -0.384. The van der Waals surface area contributed by atoms with Gasteiger partial charge in [0.25, 0.3) is 5.69 Å². The number of benzene rings is 1. The van der Waals surface area contributed by atoms with Gasteiger partial charge in [-0.2, -0.15) is 0 Å². The predicted octanol–water partition coefficient (Wildman–Crippen LogP) is 3.67. The Hall–Kier alpha value is -2.31. The van der Waals surface area contributed by atoms with Crippen LogP contribution in [0.3, 0.4) is 0 Å². The Bertz CT molecular complexity index is 580. The number of amides is 1. The summed E-state index contributed by atoms with van der Waals surface area (Å²) in [6.07, 6.45) is 2.32. The first kappa shape index (κ1) is 18.0. The number of hydrogen-bond acceptors (Lipinski definition) is 5. The average molecular weight is 336 g/mol. The summed E-state index contributed by atoms with van der Waals surface area (Å²) in [5, 5.41) is 13.5. The van der Waals surface area contributed by atoms with Gasteiger partial charge in [-0.25, -0.2) is 4.79 Å². The fraction of sp³-hybridized carbons (Fsp3) is 0.588. The van der Waals surface area contributed by atoms with Crippen LogP contribution in [0.15, 0.2) is 24.3 Å². The van der Waals surface area contributed by atoms with E-state index >= 15 is 0 Å². The van der Waals surface area contributed by atoms with Crippen LogP contribution in [-0.2, 0) is 4.74 Å². The maximum atomic E-state index is 11.8. The molecule has 0 heterocycles. The molecule has 7 nitrogen and oxygen atoms in total. The molecule has 7 heteroatoms. The predicted molar refractivity (Wildman–Crippen MR) is 89.1 cm³/mol. The molecule has 132 valence electrons. The molecule has 0 bridgehead atoms. The Balaban J connectivity index is 1.74. The lowest BCUT2D eigenvalue weighted by Gasteiger charge is -2.21. The van der Waals surface area contributed by atoms with Gasteiger partial charge in [0, 0.05) is 18.2 Å². The van der Waals surface area contributed by atoms with Crippen LogP contribution in [0.1, 0.15) is 40.0 Å². The van der Waals surface area contributed by atoms with Gasteiger partial charge in [0.1, 0.15) is 11.4 Å². The van der Waals surface area contributed by atoms with Crippen molar-refractivity contribution in [2.24, 2.45) is 5.92 Å². The molecule has 1 aromatic rings. The SMILES string of the molecule is CC(C)(C)OC(=O)N[C@@H]1CC[C@H](COc2ccc([N+](=O)[O-])cc2)C1. The maximum Gasteiger partial charge on any atom is 0.407 e. The highest BCUT2D eigenvalue weighted by molar-refractivity contribution is 5.68. The molecule has 0 unspecified atom stereocenters. The molecular weight excluding hydrogens is 312 g/mol. The standard InChI is InChI=1S/C17H24N2O5/c1-17(2,3)24-16(20)18-13-5-4-12(10-13)11-23-15-8-6-14(7-9-15)19(21)22/h6-9,12-13H,4-5,10-11H2,1-3H3,(H,18,20)/t12-,13+/m0/s1. The molecule has 0 spiro atoms. The van der Waals surface area contributed by atoms with Gasteiger partial charge in [-0.15, -0.1) is 0 Å². The monoisotopic (exact) mass is 336 g/mol. The van der Waals surface area contributed by atoms with Crippen LogP contribution in [0.25, 0.3) is 0 Å². The summed E-state index contributed by atoms with van der Waals surface area (Å²) >= 11 is 0. The van der Waals surface area contributed by atoms with Crippen molar-refractivity contribution in [3.63, 3.8) is 0 Å². The summed E-state index contributed by atoms with van der Waals surface area (Å²) in [5.41, 5.74) is -0.453. The van der Waals surface area contributed by atoms with Crippen LogP contribution in [0.4, 0.5) is 10.5 Å². The number of carbonyl (C=O) groups is 1. The third-order valence-corrected chi connectivity index (χ3v) is 3.80. The third-order valence-electron chi connectivity index (χ3n) is 3.80. The molecule has 2 atom stereocenters. The number of non-ortho nitro benzene ring substituents is 1. The summed E-state index contributed by atoms with van der Waals surface area (Å²) < 4.78 is 11.0. The van der Waals surface area contributed by atoms with E-state index in [-0.39, 0.29) is 17.8 Å². The van der Waals surface area contributed by atoms with Gasteiger partial charge in [0.2, 0.25) is 0 Å². The number of carbonyl (C=O) groups excluding carboxylic acids is 1. The molecule has 1 aromatic carbocycles. The Morgan fingerprint density at radius 1 is 1.29 bits per heavy atom. The van der Waals surface area contributed by atoms with Crippen molar-refractivity contribution in [3.05, 3.63) is 34.4 Å². The highest BCUT2D eigenvalue weighted by Crippen LogP contribution is 2.27. The zero-order valence-corrected chi connectivity index (χ0v) is 14.3. The van der Waals surface area contributed by atoms with Gasteiger partial charge in [-0.3, -0.25) is 10.1 Å². The number of rotatable bonds is 5. The largest absolute Gasteiger partial charge is 0.493 e. The van der Waals surface area contributed by atoms with E-state index in [0.29, 0.717) is 18.3 Å². The number of nitrogens with zero attached hydrogens (tertiary/aromatic N) is 1. The highest BCUT2D eigenvalue weighted by atomic mass is 16.6. The van der Waals surface area contributed by atoms with Gasteiger partial charge in [-0.1, -0.05) is 0 Å². The highest BCUT2D eigenvalue weighted by Gasteiger charge is 2.28. The Labute approximate surface area is 141 Å². The number of alkyl carbamates (subject to hydrolysis) is 1. The van der Waals surface area contributed by atoms with Crippen molar-refractivity contribution in [1.29, 1.82) is 0 Å². The minimum atomic E-state index is -0.499. The molecular formula is C17H24N2O5. The first-order chi connectivity index (χ1) is 11.2. The van der Waals surface area contributed by atoms with E-state index < -0.39 is 10.5 Å². The van der Waals surface area contributed by atoms with E-state index in [4.69, 9.17) is 9.47 Å². The van der Waals surface area contributed by atoms with Crippen LogP contribution in [0.5, 0.6) is 5.75 Å². The molecule has 1 aliphatic rings. The van der Waals surface area contributed by atoms with Crippen molar-refractivity contribution >= 4 is 11.8 Å². The molecule has 0 saturated heterocycles. The number of nitro benzene ring substituents is 1. The maximum absolute atomic E-state index is 11.8. The molecule has 1 amide bonds. The summed E-state index contributed by atoms with van der Waals surface area (Å²) in [5.74, 6) is 0.962. The Kier molecular flexibility index (Phi) is 5.64. The zero-order chi connectivity index (χ0) is 17.7. The normalized spacial score (nSPS) is 20.5. The Morgan fingerprint density at radius 3 is 2.54 bits per heavy atom. The van der Waals surface area contributed by atoms with Crippen LogP contribution in [0.2, 0.25) is 0 Å². The van der Waals surface area contributed by atoms with E-state index in [1.807, 2.05) is 20.8 Å². The quantitative estimate of drug-likeness (QED) is 0.654. The van der Waals surface area contributed by atoms with E-state index in [1.165, 1.54) is 12.1 Å². The minimum Gasteiger partial charge on any atom is -0.493 e. The van der Waals surface area contributed by atoms with Crippen molar-refractivity contribution < 1.29 is 19.2 Å². The molecule has 1 aliphatic carbocycles. The second-order valence-electron chi connectivity index (χ2n) is 7.08. The zero-order valence-electron chi connectivity index (χ0n) is 14.3. The van der Waals surface area contributed by atoms with E-state index in [2.05, 4.69) is 5.32 Å². The van der Waals surface area contributed by atoms with Crippen LogP contribution in [-0.4, -0.2) is 29.3 Å².